The van der Waals surface area contributed by atoms with Crippen LogP contribution in [0.3, 0.4) is 0 Å². The highest BCUT2D eigenvalue weighted by molar-refractivity contribution is 5.42. The number of phenols is 1. The van der Waals surface area contributed by atoms with Crippen LogP contribution in [0.1, 0.15) is 25.3 Å². The van der Waals surface area contributed by atoms with Crippen molar-refractivity contribution >= 4 is 0 Å². The summed E-state index contributed by atoms with van der Waals surface area (Å²) >= 11 is 0. The molecule has 0 heterocycles. The molecular formula is C11H14O2. The summed E-state index contributed by atoms with van der Waals surface area (Å²) in [4.78, 5) is 0. The van der Waals surface area contributed by atoms with Gasteiger partial charge in [-0.1, -0.05) is 13.0 Å². The van der Waals surface area contributed by atoms with E-state index in [1.165, 1.54) is 5.56 Å². The second kappa shape index (κ2) is 3.29. The highest BCUT2D eigenvalue weighted by Gasteiger charge is 2.24. The van der Waals surface area contributed by atoms with E-state index in [1.54, 1.807) is 6.07 Å². The number of rotatable bonds is 3. The van der Waals surface area contributed by atoms with Gasteiger partial charge in [0.05, 0.1) is 6.10 Å². The molecule has 1 saturated carbocycles. The molecule has 2 rings (SSSR count). The first-order valence-electron chi connectivity index (χ1n) is 4.78. The zero-order chi connectivity index (χ0) is 9.26. The lowest BCUT2D eigenvalue weighted by Gasteiger charge is -2.07. The molecule has 0 spiro atoms. The molecule has 0 amide bonds. The van der Waals surface area contributed by atoms with Crippen LogP contribution >= 0.6 is 0 Å². The molecule has 2 heteroatoms. The first kappa shape index (κ1) is 8.42. The number of hydrogen-bond donors (Lipinski definition) is 1. The zero-order valence-corrected chi connectivity index (χ0v) is 7.79. The van der Waals surface area contributed by atoms with E-state index in [1.807, 2.05) is 12.1 Å². The van der Waals surface area contributed by atoms with Crippen molar-refractivity contribution in [1.82, 2.24) is 0 Å². The summed E-state index contributed by atoms with van der Waals surface area (Å²) in [5.41, 5.74) is 1.20. The Morgan fingerprint density at radius 1 is 1.46 bits per heavy atom. The van der Waals surface area contributed by atoms with Crippen molar-refractivity contribution in [2.45, 2.75) is 32.3 Å². The average molecular weight is 178 g/mol. The maximum absolute atomic E-state index is 9.48. The summed E-state index contributed by atoms with van der Waals surface area (Å²) < 4.78 is 5.55. The van der Waals surface area contributed by atoms with E-state index < -0.39 is 0 Å². The van der Waals surface area contributed by atoms with E-state index in [2.05, 4.69) is 6.92 Å². The van der Waals surface area contributed by atoms with Crippen molar-refractivity contribution < 1.29 is 9.84 Å². The van der Waals surface area contributed by atoms with Crippen LogP contribution < -0.4 is 4.74 Å². The number of hydrogen-bond acceptors (Lipinski definition) is 2. The number of aromatic hydroxyl groups is 1. The topological polar surface area (TPSA) is 29.5 Å². The second-order valence-corrected chi connectivity index (χ2v) is 3.47. The van der Waals surface area contributed by atoms with Gasteiger partial charge < -0.3 is 9.84 Å². The predicted octanol–water partition coefficient (Wildman–Crippen LogP) is 2.50. The van der Waals surface area contributed by atoms with Crippen LogP contribution in [-0.4, -0.2) is 11.2 Å². The van der Waals surface area contributed by atoms with Gasteiger partial charge in [0, 0.05) is 0 Å². The zero-order valence-electron chi connectivity index (χ0n) is 7.79. The largest absolute Gasteiger partial charge is 0.504 e. The van der Waals surface area contributed by atoms with Gasteiger partial charge in [-0.2, -0.15) is 0 Å². The van der Waals surface area contributed by atoms with Crippen molar-refractivity contribution in [3.63, 3.8) is 0 Å². The van der Waals surface area contributed by atoms with Gasteiger partial charge >= 0.3 is 0 Å². The molecule has 2 nitrogen and oxygen atoms in total. The molecule has 70 valence electrons. The van der Waals surface area contributed by atoms with Gasteiger partial charge in [0.1, 0.15) is 0 Å². The van der Waals surface area contributed by atoms with Crippen LogP contribution in [0.2, 0.25) is 0 Å². The summed E-state index contributed by atoms with van der Waals surface area (Å²) in [6.07, 6.45) is 3.56. The minimum Gasteiger partial charge on any atom is -0.504 e. The quantitative estimate of drug-likeness (QED) is 0.770. The van der Waals surface area contributed by atoms with Crippen molar-refractivity contribution in [2.75, 3.05) is 0 Å². The molecule has 1 aromatic rings. The fourth-order valence-corrected chi connectivity index (χ4v) is 1.24. The number of phenolic OH excluding ortho intramolecular Hbond substituents is 1. The molecule has 0 aliphatic heterocycles. The summed E-state index contributed by atoms with van der Waals surface area (Å²) in [5, 5.41) is 9.48. The van der Waals surface area contributed by atoms with Crippen LogP contribution in [0.25, 0.3) is 0 Å². The third-order valence-electron chi connectivity index (χ3n) is 2.25. The van der Waals surface area contributed by atoms with Gasteiger partial charge in [-0.25, -0.2) is 0 Å². The molecule has 13 heavy (non-hydrogen) atoms. The van der Waals surface area contributed by atoms with E-state index in [9.17, 15) is 5.11 Å². The van der Waals surface area contributed by atoms with Gasteiger partial charge in [0.2, 0.25) is 0 Å². The van der Waals surface area contributed by atoms with E-state index in [0.29, 0.717) is 11.9 Å². The van der Waals surface area contributed by atoms with Crippen molar-refractivity contribution in [1.29, 1.82) is 0 Å². The Morgan fingerprint density at radius 2 is 2.23 bits per heavy atom. The first-order chi connectivity index (χ1) is 6.29. The van der Waals surface area contributed by atoms with Crippen molar-refractivity contribution in [3.05, 3.63) is 23.8 Å². The first-order valence-corrected chi connectivity index (χ1v) is 4.78. The Kier molecular flexibility index (Phi) is 2.13. The Hall–Kier alpha value is -1.18. The maximum atomic E-state index is 9.48. The summed E-state index contributed by atoms with van der Waals surface area (Å²) in [6.45, 7) is 2.09. The normalized spacial score (nSPS) is 15.8. The van der Waals surface area contributed by atoms with E-state index >= 15 is 0 Å². The van der Waals surface area contributed by atoms with Gasteiger partial charge in [-0.05, 0) is 37.0 Å². The molecule has 1 fully saturated rings. The Balaban J connectivity index is 2.19. The minimum atomic E-state index is 0.254. The van der Waals surface area contributed by atoms with Gasteiger partial charge in [-0.15, -0.1) is 0 Å². The molecule has 1 N–H and O–H groups in total. The van der Waals surface area contributed by atoms with Crippen LogP contribution in [0.4, 0.5) is 0 Å². The monoisotopic (exact) mass is 178 g/mol. The summed E-state index contributed by atoms with van der Waals surface area (Å²) in [5.74, 6) is 0.894. The van der Waals surface area contributed by atoms with E-state index in [-0.39, 0.29) is 5.75 Å². The third-order valence-corrected chi connectivity index (χ3v) is 2.25. The summed E-state index contributed by atoms with van der Waals surface area (Å²) in [7, 11) is 0. The molecule has 0 aromatic heterocycles. The lowest BCUT2D eigenvalue weighted by atomic mass is 10.1. The molecular weight excluding hydrogens is 164 g/mol. The second-order valence-electron chi connectivity index (χ2n) is 3.47. The van der Waals surface area contributed by atoms with E-state index in [0.717, 1.165) is 19.3 Å². The lowest BCUT2D eigenvalue weighted by Crippen LogP contribution is -1.96. The van der Waals surface area contributed by atoms with Gasteiger partial charge in [0.25, 0.3) is 0 Å². The number of benzene rings is 1. The van der Waals surface area contributed by atoms with Gasteiger partial charge in [-0.3, -0.25) is 0 Å². The van der Waals surface area contributed by atoms with Crippen LogP contribution in [0, 0.1) is 0 Å². The van der Waals surface area contributed by atoms with Crippen LogP contribution in [0.15, 0.2) is 18.2 Å². The van der Waals surface area contributed by atoms with Crippen LogP contribution in [0.5, 0.6) is 11.5 Å². The Morgan fingerprint density at radius 3 is 2.85 bits per heavy atom. The molecule has 0 unspecified atom stereocenters. The molecule has 0 atom stereocenters. The Bertz CT molecular complexity index is 303. The summed E-state index contributed by atoms with van der Waals surface area (Å²) in [6, 6.07) is 5.55. The van der Waals surface area contributed by atoms with Gasteiger partial charge in [0.15, 0.2) is 11.5 Å². The highest BCUT2D eigenvalue weighted by atomic mass is 16.5. The number of ether oxygens (including phenoxy) is 1. The maximum Gasteiger partial charge on any atom is 0.161 e. The van der Waals surface area contributed by atoms with Crippen LogP contribution in [-0.2, 0) is 6.42 Å². The predicted molar refractivity (Wildman–Crippen MR) is 51.1 cm³/mol. The molecule has 1 aliphatic carbocycles. The van der Waals surface area contributed by atoms with Crippen molar-refractivity contribution in [3.8, 4) is 11.5 Å². The fourth-order valence-electron chi connectivity index (χ4n) is 1.24. The molecule has 1 aromatic carbocycles. The standard InChI is InChI=1S/C11H14O2/c1-2-8-3-6-10(12)11(7-8)13-9-4-5-9/h3,6-7,9,12H,2,4-5H2,1H3. The van der Waals surface area contributed by atoms with Crippen molar-refractivity contribution in [2.24, 2.45) is 0 Å². The SMILES string of the molecule is CCc1ccc(O)c(OC2CC2)c1. The number of aryl methyl sites for hydroxylation is 1. The van der Waals surface area contributed by atoms with E-state index in [4.69, 9.17) is 4.74 Å². The third kappa shape index (κ3) is 1.94. The Labute approximate surface area is 78.2 Å². The highest BCUT2D eigenvalue weighted by Crippen LogP contribution is 2.33. The minimum absolute atomic E-state index is 0.254. The molecule has 0 saturated heterocycles. The smallest absolute Gasteiger partial charge is 0.161 e. The fraction of sp³-hybridized carbons (Fsp3) is 0.455. The molecule has 0 bridgehead atoms. The average Bonchev–Trinajstić information content (AvgIpc) is 2.93. The lowest BCUT2D eigenvalue weighted by molar-refractivity contribution is 0.286. The molecule has 1 aliphatic rings. The molecule has 0 radical (unpaired) electrons.